The third-order valence-electron chi connectivity index (χ3n) is 3.69. The molecule has 0 saturated heterocycles. The van der Waals surface area contributed by atoms with Crippen LogP contribution in [0, 0.1) is 0 Å². The maximum Gasteiger partial charge on any atom is 0.252 e. The Kier molecular flexibility index (Phi) is 3.48. The first-order valence-corrected chi connectivity index (χ1v) is 7.01. The molecule has 2 aliphatic rings. The Hall–Kier alpha value is -2.55. The van der Waals surface area contributed by atoms with Crippen molar-refractivity contribution in [2.45, 2.75) is 6.54 Å². The van der Waals surface area contributed by atoms with Crippen LogP contribution in [-0.2, 0) is 11.3 Å². The van der Waals surface area contributed by atoms with Gasteiger partial charge in [-0.1, -0.05) is 36.4 Å². The van der Waals surface area contributed by atoms with Crippen LogP contribution in [0.25, 0.3) is 0 Å². The molecule has 0 fully saturated rings. The predicted octanol–water partition coefficient (Wildman–Crippen LogP) is 2.73. The first kappa shape index (κ1) is 13.4. The molecule has 1 aromatic rings. The van der Waals surface area contributed by atoms with Crippen molar-refractivity contribution in [2.75, 3.05) is 19.0 Å². The van der Waals surface area contributed by atoms with E-state index >= 15 is 0 Å². The van der Waals surface area contributed by atoms with E-state index in [0.717, 1.165) is 28.0 Å². The predicted molar refractivity (Wildman–Crippen MR) is 86.0 cm³/mol. The van der Waals surface area contributed by atoms with Gasteiger partial charge in [-0.25, -0.2) is 0 Å². The molecule has 3 rings (SSSR count). The van der Waals surface area contributed by atoms with Crippen LogP contribution in [0.15, 0.2) is 71.4 Å². The largest absolute Gasteiger partial charge is 0.378 e. The molecule has 0 spiro atoms. The van der Waals surface area contributed by atoms with Crippen LogP contribution >= 0.6 is 0 Å². The molecule has 2 aliphatic carbocycles. The van der Waals surface area contributed by atoms with Gasteiger partial charge in [0.1, 0.15) is 0 Å². The van der Waals surface area contributed by atoms with Crippen molar-refractivity contribution in [1.29, 1.82) is 0 Å². The minimum atomic E-state index is -0.0218. The number of rotatable bonds is 4. The standard InChI is InChI=1S/C18H18N2O/c1-20(2)15-7-3-5-13(11-15)12-19-18(21)17-10-9-14-6-4-8-16(14)17/h3-11H,12H2,1-2H3,(H,19,21). The summed E-state index contributed by atoms with van der Waals surface area (Å²) in [6.45, 7) is 0.536. The second kappa shape index (κ2) is 5.44. The van der Waals surface area contributed by atoms with Crippen LogP contribution in [0.4, 0.5) is 5.69 Å². The second-order valence-corrected chi connectivity index (χ2v) is 5.39. The van der Waals surface area contributed by atoms with Crippen molar-refractivity contribution in [2.24, 2.45) is 0 Å². The van der Waals surface area contributed by atoms with Crippen molar-refractivity contribution in [3.8, 4) is 0 Å². The van der Waals surface area contributed by atoms with E-state index in [-0.39, 0.29) is 5.91 Å². The number of amides is 1. The highest BCUT2D eigenvalue weighted by Gasteiger charge is 2.21. The number of fused-ring (bicyclic) bond motifs is 1. The minimum absolute atomic E-state index is 0.0218. The molecule has 0 aromatic heterocycles. The van der Waals surface area contributed by atoms with E-state index in [9.17, 15) is 4.79 Å². The van der Waals surface area contributed by atoms with Gasteiger partial charge in [-0.2, -0.15) is 0 Å². The number of allylic oxidation sites excluding steroid dienone is 6. The van der Waals surface area contributed by atoms with Gasteiger partial charge in [-0.15, -0.1) is 0 Å². The van der Waals surface area contributed by atoms with Gasteiger partial charge in [-0.3, -0.25) is 4.79 Å². The van der Waals surface area contributed by atoms with Crippen molar-refractivity contribution in [3.05, 3.63) is 76.9 Å². The lowest BCUT2D eigenvalue weighted by Gasteiger charge is -2.14. The molecule has 3 nitrogen and oxygen atoms in total. The highest BCUT2D eigenvalue weighted by atomic mass is 16.1. The molecule has 1 N–H and O–H groups in total. The Labute approximate surface area is 125 Å². The smallest absolute Gasteiger partial charge is 0.252 e. The summed E-state index contributed by atoms with van der Waals surface area (Å²) >= 11 is 0. The summed E-state index contributed by atoms with van der Waals surface area (Å²) in [6, 6.07) is 8.17. The zero-order valence-corrected chi connectivity index (χ0v) is 12.3. The van der Waals surface area contributed by atoms with E-state index in [0.29, 0.717) is 6.54 Å². The number of nitrogens with one attached hydrogen (secondary N) is 1. The monoisotopic (exact) mass is 278 g/mol. The molecule has 1 aromatic carbocycles. The summed E-state index contributed by atoms with van der Waals surface area (Å²) in [5.41, 5.74) is 5.12. The lowest BCUT2D eigenvalue weighted by Crippen LogP contribution is -2.24. The van der Waals surface area contributed by atoms with Crippen molar-refractivity contribution in [3.63, 3.8) is 0 Å². The number of hydrogen-bond donors (Lipinski definition) is 1. The molecule has 1 amide bonds. The molecule has 0 bridgehead atoms. The van der Waals surface area contributed by atoms with E-state index in [2.05, 4.69) is 22.3 Å². The summed E-state index contributed by atoms with van der Waals surface area (Å²) in [6.07, 6.45) is 9.85. The van der Waals surface area contributed by atoms with Crippen molar-refractivity contribution >= 4 is 11.6 Å². The van der Waals surface area contributed by atoms with E-state index in [1.165, 1.54) is 0 Å². The molecule has 0 radical (unpaired) electrons. The molecule has 106 valence electrons. The third-order valence-corrected chi connectivity index (χ3v) is 3.69. The van der Waals surface area contributed by atoms with Gasteiger partial charge in [0.15, 0.2) is 0 Å². The molecular formula is C18H18N2O. The summed E-state index contributed by atoms with van der Waals surface area (Å²) in [7, 11) is 4.02. The maximum absolute atomic E-state index is 12.3. The Balaban J connectivity index is 1.64. The summed E-state index contributed by atoms with van der Waals surface area (Å²) < 4.78 is 0. The SMILES string of the molecule is CN(C)c1cccc(CNC(=O)C2=CC=C3C=CC=C32)c1. The number of carbonyl (C=O) groups excluding carboxylic acids is 1. The zero-order valence-electron chi connectivity index (χ0n) is 12.3. The number of carbonyl (C=O) groups is 1. The van der Waals surface area contributed by atoms with Gasteiger partial charge < -0.3 is 10.2 Å². The average Bonchev–Trinajstić information content (AvgIpc) is 3.07. The lowest BCUT2D eigenvalue weighted by atomic mass is 10.1. The van der Waals surface area contributed by atoms with Gasteiger partial charge in [0.05, 0.1) is 0 Å². The molecule has 0 aliphatic heterocycles. The van der Waals surface area contributed by atoms with Gasteiger partial charge >= 0.3 is 0 Å². The number of hydrogen-bond acceptors (Lipinski definition) is 2. The molecule has 3 heteroatoms. The fraction of sp³-hybridized carbons (Fsp3) is 0.167. The van der Waals surface area contributed by atoms with Crippen LogP contribution in [-0.4, -0.2) is 20.0 Å². The van der Waals surface area contributed by atoms with E-state index in [1.54, 1.807) is 0 Å². The molecular weight excluding hydrogens is 260 g/mol. The van der Waals surface area contributed by atoms with Gasteiger partial charge in [0, 0.05) is 31.9 Å². The van der Waals surface area contributed by atoms with Gasteiger partial charge in [0.25, 0.3) is 5.91 Å². The van der Waals surface area contributed by atoms with E-state index in [1.807, 2.05) is 56.6 Å². The first-order valence-electron chi connectivity index (χ1n) is 7.01. The number of benzene rings is 1. The first-order chi connectivity index (χ1) is 10.1. The Morgan fingerprint density at radius 3 is 2.86 bits per heavy atom. The topological polar surface area (TPSA) is 32.3 Å². The van der Waals surface area contributed by atoms with Crippen LogP contribution in [0.5, 0.6) is 0 Å². The highest BCUT2D eigenvalue weighted by molar-refractivity contribution is 6.01. The highest BCUT2D eigenvalue weighted by Crippen LogP contribution is 2.30. The Bertz CT molecular complexity index is 706. The summed E-state index contributed by atoms with van der Waals surface area (Å²) in [5, 5.41) is 2.99. The molecule has 0 heterocycles. The summed E-state index contributed by atoms with van der Waals surface area (Å²) in [5.74, 6) is -0.0218. The fourth-order valence-corrected chi connectivity index (χ4v) is 2.51. The minimum Gasteiger partial charge on any atom is -0.378 e. The van der Waals surface area contributed by atoms with Crippen molar-refractivity contribution in [1.82, 2.24) is 5.32 Å². The normalized spacial score (nSPS) is 15.2. The van der Waals surface area contributed by atoms with Crippen molar-refractivity contribution < 1.29 is 4.79 Å². The number of nitrogens with zero attached hydrogens (tertiary/aromatic N) is 1. The number of anilines is 1. The van der Waals surface area contributed by atoms with E-state index in [4.69, 9.17) is 0 Å². The Morgan fingerprint density at radius 1 is 1.19 bits per heavy atom. The zero-order chi connectivity index (χ0) is 14.8. The van der Waals surface area contributed by atoms with Crippen LogP contribution < -0.4 is 10.2 Å². The van der Waals surface area contributed by atoms with Gasteiger partial charge in [-0.05, 0) is 34.9 Å². The fourth-order valence-electron chi connectivity index (χ4n) is 2.51. The van der Waals surface area contributed by atoms with Gasteiger partial charge in [0.2, 0.25) is 0 Å². The van der Waals surface area contributed by atoms with Crippen LogP contribution in [0.2, 0.25) is 0 Å². The third kappa shape index (κ3) is 2.68. The average molecular weight is 278 g/mol. The maximum atomic E-state index is 12.3. The van der Waals surface area contributed by atoms with E-state index < -0.39 is 0 Å². The quantitative estimate of drug-likeness (QED) is 0.918. The lowest BCUT2D eigenvalue weighted by molar-refractivity contribution is -0.117. The molecule has 0 saturated carbocycles. The Morgan fingerprint density at radius 2 is 2.05 bits per heavy atom. The van der Waals surface area contributed by atoms with Crippen LogP contribution in [0.3, 0.4) is 0 Å². The second-order valence-electron chi connectivity index (χ2n) is 5.39. The van der Waals surface area contributed by atoms with Crippen LogP contribution in [0.1, 0.15) is 5.56 Å². The molecule has 0 unspecified atom stereocenters. The summed E-state index contributed by atoms with van der Waals surface area (Å²) in [4.78, 5) is 14.3. The molecule has 0 atom stereocenters. The molecule has 21 heavy (non-hydrogen) atoms.